The van der Waals surface area contributed by atoms with Gasteiger partial charge >= 0.3 is 0 Å². The Hall–Kier alpha value is -2.09. The van der Waals surface area contributed by atoms with Crippen LogP contribution in [-0.4, -0.2) is 45.4 Å². The van der Waals surface area contributed by atoms with Gasteiger partial charge in [0.05, 0.1) is 5.02 Å². The van der Waals surface area contributed by atoms with Crippen LogP contribution in [0.1, 0.15) is 41.6 Å². The number of nitrogens with one attached hydrogen (secondary N) is 1. The minimum absolute atomic E-state index is 0.0322. The second-order valence-electron chi connectivity index (χ2n) is 8.02. The number of anilines is 1. The maximum atomic E-state index is 13.1. The molecular formula is C22H26ClN3O3S. The number of carbonyl (C=O) groups excluding carboxylic acids is 1. The quantitative estimate of drug-likeness (QED) is 0.703. The molecule has 160 valence electrons. The Morgan fingerprint density at radius 2 is 1.87 bits per heavy atom. The molecule has 2 aromatic carbocycles. The lowest BCUT2D eigenvalue weighted by atomic mass is 10.1. The zero-order valence-corrected chi connectivity index (χ0v) is 18.5. The second-order valence-corrected chi connectivity index (χ2v) is 10.1. The normalized spacial score (nSPS) is 16.7. The maximum absolute atomic E-state index is 13.1. The van der Waals surface area contributed by atoms with Crippen LogP contribution < -0.4 is 9.62 Å². The summed E-state index contributed by atoms with van der Waals surface area (Å²) in [6, 6.07) is 12.5. The molecular weight excluding hydrogens is 422 g/mol. The number of amides is 1. The number of halogens is 1. The highest BCUT2D eigenvalue weighted by Gasteiger charge is 2.30. The summed E-state index contributed by atoms with van der Waals surface area (Å²) in [4.78, 5) is 17.0. The Kier molecular flexibility index (Phi) is 6.04. The standard InChI is InChI=1S/C22H26ClN3O3S/c1-25(15-17-6-2-3-7-20(17)26-12-4-5-13-26)22(27)16-8-11-19(23)21(14-16)30(28,29)24-18-9-10-18/h2-3,6-8,11,14,18,24H,4-5,9-10,12-13,15H2,1H3. The lowest BCUT2D eigenvalue weighted by Crippen LogP contribution is -2.29. The van der Waals surface area contributed by atoms with Gasteiger partial charge in [-0.05, 0) is 55.5 Å². The highest BCUT2D eigenvalue weighted by atomic mass is 35.5. The van der Waals surface area contributed by atoms with E-state index < -0.39 is 10.0 Å². The molecule has 30 heavy (non-hydrogen) atoms. The van der Waals surface area contributed by atoms with E-state index in [0.717, 1.165) is 37.2 Å². The van der Waals surface area contributed by atoms with Crippen molar-refractivity contribution in [3.05, 3.63) is 58.6 Å². The van der Waals surface area contributed by atoms with Crippen LogP contribution in [0.25, 0.3) is 0 Å². The van der Waals surface area contributed by atoms with Gasteiger partial charge in [-0.15, -0.1) is 0 Å². The molecule has 1 saturated heterocycles. The summed E-state index contributed by atoms with van der Waals surface area (Å²) in [7, 11) is -2.01. The van der Waals surface area contributed by atoms with E-state index in [1.807, 2.05) is 18.2 Å². The largest absolute Gasteiger partial charge is 0.371 e. The van der Waals surface area contributed by atoms with Crippen LogP contribution in [0.4, 0.5) is 5.69 Å². The molecule has 1 aliphatic heterocycles. The molecule has 8 heteroatoms. The molecule has 1 N–H and O–H groups in total. The van der Waals surface area contributed by atoms with E-state index in [4.69, 9.17) is 11.6 Å². The highest BCUT2D eigenvalue weighted by Crippen LogP contribution is 2.28. The third-order valence-electron chi connectivity index (χ3n) is 5.56. The topological polar surface area (TPSA) is 69.7 Å². The third kappa shape index (κ3) is 4.63. The lowest BCUT2D eigenvalue weighted by Gasteiger charge is -2.24. The summed E-state index contributed by atoms with van der Waals surface area (Å²) in [6.45, 7) is 2.50. The molecule has 2 aliphatic rings. The van der Waals surface area contributed by atoms with Crippen LogP contribution in [0.5, 0.6) is 0 Å². The second kappa shape index (κ2) is 8.57. The minimum Gasteiger partial charge on any atom is -0.371 e. The van der Waals surface area contributed by atoms with E-state index in [2.05, 4.69) is 15.7 Å². The summed E-state index contributed by atoms with van der Waals surface area (Å²) < 4.78 is 27.8. The molecule has 0 bridgehead atoms. The molecule has 1 amide bonds. The van der Waals surface area contributed by atoms with Crippen LogP contribution >= 0.6 is 11.6 Å². The zero-order chi connectivity index (χ0) is 21.3. The SMILES string of the molecule is CN(Cc1ccccc1N1CCCC1)C(=O)c1ccc(Cl)c(S(=O)(=O)NC2CC2)c1. The Bertz CT molecular complexity index is 1050. The first-order valence-corrected chi connectivity index (χ1v) is 12.1. The molecule has 0 unspecified atom stereocenters. The molecule has 0 spiro atoms. The Morgan fingerprint density at radius 3 is 2.57 bits per heavy atom. The van der Waals surface area contributed by atoms with Gasteiger partial charge in [0, 0.05) is 44.0 Å². The average molecular weight is 448 g/mol. The van der Waals surface area contributed by atoms with Gasteiger partial charge in [-0.2, -0.15) is 0 Å². The fraction of sp³-hybridized carbons (Fsp3) is 0.409. The Balaban J connectivity index is 1.54. The van der Waals surface area contributed by atoms with Crippen molar-refractivity contribution in [2.45, 2.75) is 43.2 Å². The Morgan fingerprint density at radius 1 is 1.17 bits per heavy atom. The number of hydrogen-bond donors (Lipinski definition) is 1. The molecule has 0 aromatic heterocycles. The van der Waals surface area contributed by atoms with Crippen molar-refractivity contribution in [1.82, 2.24) is 9.62 Å². The fourth-order valence-electron chi connectivity index (χ4n) is 3.79. The van der Waals surface area contributed by atoms with Crippen molar-refractivity contribution in [1.29, 1.82) is 0 Å². The first-order chi connectivity index (χ1) is 14.3. The van der Waals surface area contributed by atoms with E-state index in [1.165, 1.54) is 25.0 Å². The van der Waals surface area contributed by atoms with E-state index in [-0.39, 0.29) is 21.9 Å². The molecule has 4 rings (SSSR count). The van der Waals surface area contributed by atoms with Gasteiger partial charge in [-0.25, -0.2) is 13.1 Å². The summed E-state index contributed by atoms with van der Waals surface area (Å²) in [6.07, 6.45) is 4.02. The smallest absolute Gasteiger partial charge is 0.253 e. The summed E-state index contributed by atoms with van der Waals surface area (Å²) in [5.41, 5.74) is 2.53. The summed E-state index contributed by atoms with van der Waals surface area (Å²) >= 11 is 6.14. The average Bonchev–Trinajstić information content (AvgIpc) is 3.35. The van der Waals surface area contributed by atoms with Crippen LogP contribution in [0.2, 0.25) is 5.02 Å². The minimum atomic E-state index is -3.75. The van der Waals surface area contributed by atoms with E-state index in [1.54, 1.807) is 18.0 Å². The molecule has 6 nitrogen and oxygen atoms in total. The number of sulfonamides is 1. The number of hydrogen-bond acceptors (Lipinski definition) is 4. The lowest BCUT2D eigenvalue weighted by molar-refractivity contribution is 0.0785. The summed E-state index contributed by atoms with van der Waals surface area (Å²) in [5.74, 6) is -0.245. The first-order valence-electron chi connectivity index (χ1n) is 10.3. The number of nitrogens with zero attached hydrogens (tertiary/aromatic N) is 2. The number of para-hydroxylation sites is 1. The van der Waals surface area contributed by atoms with Gasteiger partial charge in [0.15, 0.2) is 0 Å². The van der Waals surface area contributed by atoms with Crippen LogP contribution in [-0.2, 0) is 16.6 Å². The fourth-order valence-corrected chi connectivity index (χ4v) is 5.62. The number of rotatable bonds is 7. The van der Waals surface area contributed by atoms with Crippen LogP contribution in [0, 0.1) is 0 Å². The highest BCUT2D eigenvalue weighted by molar-refractivity contribution is 7.89. The van der Waals surface area contributed by atoms with Crippen molar-refractivity contribution >= 4 is 33.2 Å². The number of carbonyl (C=O) groups is 1. The number of benzene rings is 2. The monoisotopic (exact) mass is 447 g/mol. The molecule has 0 atom stereocenters. The van der Waals surface area contributed by atoms with Crippen molar-refractivity contribution < 1.29 is 13.2 Å². The zero-order valence-electron chi connectivity index (χ0n) is 17.0. The molecule has 1 heterocycles. The molecule has 1 saturated carbocycles. The van der Waals surface area contributed by atoms with Crippen LogP contribution in [0.15, 0.2) is 47.4 Å². The van der Waals surface area contributed by atoms with Crippen LogP contribution in [0.3, 0.4) is 0 Å². The van der Waals surface area contributed by atoms with E-state index in [9.17, 15) is 13.2 Å². The van der Waals surface area contributed by atoms with E-state index >= 15 is 0 Å². The van der Waals surface area contributed by atoms with Gasteiger partial charge in [-0.3, -0.25) is 4.79 Å². The predicted octanol–water partition coefficient (Wildman–Crippen LogP) is 3.65. The molecule has 1 aliphatic carbocycles. The van der Waals surface area contributed by atoms with Crippen molar-refractivity contribution in [3.8, 4) is 0 Å². The Labute approximate surface area is 182 Å². The molecule has 2 fully saturated rings. The van der Waals surface area contributed by atoms with Gasteiger partial charge in [0.1, 0.15) is 4.90 Å². The molecule has 0 radical (unpaired) electrons. The van der Waals surface area contributed by atoms with Crippen molar-refractivity contribution in [3.63, 3.8) is 0 Å². The third-order valence-corrected chi connectivity index (χ3v) is 7.56. The maximum Gasteiger partial charge on any atom is 0.253 e. The predicted molar refractivity (Wildman–Crippen MR) is 118 cm³/mol. The van der Waals surface area contributed by atoms with E-state index in [0.29, 0.717) is 12.1 Å². The summed E-state index contributed by atoms with van der Waals surface area (Å²) in [5, 5.41) is 0.113. The van der Waals surface area contributed by atoms with Gasteiger partial charge in [0.2, 0.25) is 10.0 Å². The van der Waals surface area contributed by atoms with Gasteiger partial charge in [0.25, 0.3) is 5.91 Å². The molecule has 2 aromatic rings. The van der Waals surface area contributed by atoms with Gasteiger partial charge in [-0.1, -0.05) is 29.8 Å². The van der Waals surface area contributed by atoms with Gasteiger partial charge < -0.3 is 9.80 Å². The first kappa shape index (κ1) is 21.2. The van der Waals surface area contributed by atoms with Crippen molar-refractivity contribution in [2.24, 2.45) is 0 Å². The van der Waals surface area contributed by atoms with Crippen molar-refractivity contribution in [2.75, 3.05) is 25.0 Å².